The number of nitrogens with two attached hydrogens (primary N) is 1. The third-order valence-corrected chi connectivity index (χ3v) is 4.16. The molecule has 6 heteroatoms. The van der Waals surface area contributed by atoms with Gasteiger partial charge in [0.25, 0.3) is 0 Å². The molecule has 0 saturated heterocycles. The molecule has 0 bridgehead atoms. The lowest BCUT2D eigenvalue weighted by molar-refractivity contribution is -0.122. The molecular formula is C16H24Cl2N2O2. The Hall–Kier alpha value is -0.970. The summed E-state index contributed by atoms with van der Waals surface area (Å²) in [5.41, 5.74) is 5.98. The van der Waals surface area contributed by atoms with Crippen LogP contribution in [0.15, 0.2) is 24.3 Å². The molecule has 3 N–H and O–H groups in total. The fraction of sp³-hybridized carbons (Fsp3) is 0.562. The Kier molecular flexibility index (Phi) is 8.01. The first kappa shape index (κ1) is 19.1. The van der Waals surface area contributed by atoms with Crippen LogP contribution in [0.1, 0.15) is 32.6 Å². The molecule has 22 heavy (non-hydrogen) atoms. The van der Waals surface area contributed by atoms with Crippen LogP contribution in [0.2, 0.25) is 5.02 Å². The van der Waals surface area contributed by atoms with Gasteiger partial charge in [-0.05, 0) is 49.9 Å². The summed E-state index contributed by atoms with van der Waals surface area (Å²) in [6, 6.07) is 7.38. The first-order valence-electron chi connectivity index (χ1n) is 7.49. The van der Waals surface area contributed by atoms with Crippen LogP contribution in [-0.2, 0) is 4.79 Å². The molecule has 0 aliphatic heterocycles. The van der Waals surface area contributed by atoms with Crippen LogP contribution in [-0.4, -0.2) is 24.6 Å². The number of carbonyl (C=O) groups is 1. The number of hydrogen-bond acceptors (Lipinski definition) is 3. The van der Waals surface area contributed by atoms with Gasteiger partial charge in [-0.1, -0.05) is 18.0 Å². The molecule has 1 amide bonds. The monoisotopic (exact) mass is 346 g/mol. The van der Waals surface area contributed by atoms with E-state index in [1.807, 2.05) is 19.1 Å². The average molecular weight is 347 g/mol. The SMILES string of the molecule is CC(CNC(=O)C[C@@H]1CCC[C@H]1N)Oc1ccc(Cl)cc1.Cl. The summed E-state index contributed by atoms with van der Waals surface area (Å²) in [5.74, 6) is 1.14. The van der Waals surface area contributed by atoms with Gasteiger partial charge in [-0.3, -0.25) is 4.79 Å². The maximum atomic E-state index is 11.9. The molecule has 2 rings (SSSR count). The topological polar surface area (TPSA) is 64.4 Å². The van der Waals surface area contributed by atoms with E-state index in [4.69, 9.17) is 22.1 Å². The van der Waals surface area contributed by atoms with E-state index in [0.29, 0.717) is 23.9 Å². The van der Waals surface area contributed by atoms with Crippen molar-refractivity contribution < 1.29 is 9.53 Å². The molecule has 1 aromatic carbocycles. The minimum absolute atomic E-state index is 0. The first-order valence-corrected chi connectivity index (χ1v) is 7.87. The minimum atomic E-state index is -0.0904. The smallest absolute Gasteiger partial charge is 0.220 e. The van der Waals surface area contributed by atoms with Crippen molar-refractivity contribution in [1.82, 2.24) is 5.32 Å². The van der Waals surface area contributed by atoms with E-state index in [0.717, 1.165) is 25.0 Å². The van der Waals surface area contributed by atoms with E-state index < -0.39 is 0 Å². The number of carbonyl (C=O) groups excluding carboxylic acids is 1. The molecule has 1 aromatic rings. The van der Waals surface area contributed by atoms with Crippen LogP contribution in [0.25, 0.3) is 0 Å². The second-order valence-electron chi connectivity index (χ2n) is 5.75. The van der Waals surface area contributed by atoms with E-state index >= 15 is 0 Å². The Balaban J connectivity index is 0.00000242. The third kappa shape index (κ3) is 6.03. The van der Waals surface area contributed by atoms with Gasteiger partial charge in [-0.15, -0.1) is 12.4 Å². The van der Waals surface area contributed by atoms with Gasteiger partial charge in [0.1, 0.15) is 11.9 Å². The summed E-state index contributed by atoms with van der Waals surface area (Å²) in [7, 11) is 0. The molecule has 1 aliphatic carbocycles. The van der Waals surface area contributed by atoms with Gasteiger partial charge in [-0.25, -0.2) is 0 Å². The van der Waals surface area contributed by atoms with E-state index in [-0.39, 0.29) is 30.5 Å². The number of hydrogen-bond donors (Lipinski definition) is 2. The van der Waals surface area contributed by atoms with Crippen LogP contribution < -0.4 is 15.8 Å². The highest BCUT2D eigenvalue weighted by Crippen LogP contribution is 2.26. The summed E-state index contributed by atoms with van der Waals surface area (Å²) >= 11 is 5.82. The fourth-order valence-electron chi connectivity index (χ4n) is 2.67. The Morgan fingerprint density at radius 1 is 1.41 bits per heavy atom. The van der Waals surface area contributed by atoms with Crippen LogP contribution in [0, 0.1) is 5.92 Å². The summed E-state index contributed by atoms with van der Waals surface area (Å²) in [6.07, 6.45) is 3.66. The van der Waals surface area contributed by atoms with E-state index in [2.05, 4.69) is 5.32 Å². The maximum Gasteiger partial charge on any atom is 0.220 e. The minimum Gasteiger partial charge on any atom is -0.489 e. The lowest BCUT2D eigenvalue weighted by Gasteiger charge is -2.18. The van der Waals surface area contributed by atoms with Crippen LogP contribution in [0.3, 0.4) is 0 Å². The molecule has 0 radical (unpaired) electrons. The Bertz CT molecular complexity index is 468. The molecule has 4 nitrogen and oxygen atoms in total. The number of halogens is 2. The highest BCUT2D eigenvalue weighted by atomic mass is 35.5. The highest BCUT2D eigenvalue weighted by Gasteiger charge is 2.26. The van der Waals surface area contributed by atoms with Crippen molar-refractivity contribution >= 4 is 29.9 Å². The van der Waals surface area contributed by atoms with Crippen LogP contribution >= 0.6 is 24.0 Å². The third-order valence-electron chi connectivity index (χ3n) is 3.90. The Morgan fingerprint density at radius 2 is 2.09 bits per heavy atom. The standard InChI is InChI=1S/C16H23ClN2O2.ClH/c1-11(21-14-7-5-13(17)6-8-14)10-19-16(20)9-12-3-2-4-15(12)18;/h5-8,11-12,15H,2-4,9-10,18H2,1H3,(H,19,20);1H/t11?,12-,15+;/m0./s1. The zero-order valence-corrected chi connectivity index (χ0v) is 14.3. The number of benzene rings is 1. The normalized spacial score (nSPS) is 21.8. The zero-order chi connectivity index (χ0) is 15.2. The number of amides is 1. The van der Waals surface area contributed by atoms with Crippen molar-refractivity contribution in [3.8, 4) is 5.75 Å². The number of ether oxygens (including phenoxy) is 1. The molecule has 0 heterocycles. The molecule has 0 spiro atoms. The van der Waals surface area contributed by atoms with Gasteiger partial charge in [0, 0.05) is 17.5 Å². The molecule has 1 fully saturated rings. The van der Waals surface area contributed by atoms with Crippen molar-refractivity contribution in [2.45, 2.75) is 44.8 Å². The van der Waals surface area contributed by atoms with Crippen molar-refractivity contribution in [1.29, 1.82) is 0 Å². The average Bonchev–Trinajstić information content (AvgIpc) is 2.85. The van der Waals surface area contributed by atoms with Crippen molar-refractivity contribution in [3.63, 3.8) is 0 Å². The van der Waals surface area contributed by atoms with Gasteiger partial charge < -0.3 is 15.8 Å². The van der Waals surface area contributed by atoms with E-state index in [1.165, 1.54) is 0 Å². The quantitative estimate of drug-likeness (QED) is 0.831. The molecule has 1 unspecified atom stereocenters. The lowest BCUT2D eigenvalue weighted by Crippen LogP contribution is -2.36. The van der Waals surface area contributed by atoms with E-state index in [9.17, 15) is 4.79 Å². The second kappa shape index (κ2) is 9.23. The van der Waals surface area contributed by atoms with Gasteiger partial charge >= 0.3 is 0 Å². The molecule has 0 aromatic heterocycles. The van der Waals surface area contributed by atoms with Crippen LogP contribution in [0.5, 0.6) is 5.75 Å². The number of rotatable bonds is 6. The Labute approximate surface area is 143 Å². The molecule has 1 saturated carbocycles. The largest absolute Gasteiger partial charge is 0.489 e. The predicted molar refractivity (Wildman–Crippen MR) is 91.7 cm³/mol. The molecule has 124 valence electrons. The van der Waals surface area contributed by atoms with Gasteiger partial charge in [0.05, 0.1) is 6.54 Å². The Morgan fingerprint density at radius 3 is 2.68 bits per heavy atom. The highest BCUT2D eigenvalue weighted by molar-refractivity contribution is 6.30. The predicted octanol–water partition coefficient (Wildman–Crippen LogP) is 3.16. The van der Waals surface area contributed by atoms with Crippen molar-refractivity contribution in [2.75, 3.05) is 6.54 Å². The first-order chi connectivity index (χ1) is 10.0. The second-order valence-corrected chi connectivity index (χ2v) is 6.18. The van der Waals surface area contributed by atoms with Crippen LogP contribution in [0.4, 0.5) is 0 Å². The zero-order valence-electron chi connectivity index (χ0n) is 12.8. The summed E-state index contributed by atoms with van der Waals surface area (Å²) < 4.78 is 5.71. The summed E-state index contributed by atoms with van der Waals surface area (Å²) in [6.45, 7) is 2.42. The van der Waals surface area contributed by atoms with Gasteiger partial charge in [0.15, 0.2) is 0 Å². The van der Waals surface area contributed by atoms with E-state index in [1.54, 1.807) is 12.1 Å². The molecule has 1 aliphatic rings. The lowest BCUT2D eigenvalue weighted by atomic mass is 10.00. The maximum absolute atomic E-state index is 11.9. The fourth-order valence-corrected chi connectivity index (χ4v) is 2.80. The van der Waals surface area contributed by atoms with Gasteiger partial charge in [-0.2, -0.15) is 0 Å². The molecule has 3 atom stereocenters. The summed E-state index contributed by atoms with van der Waals surface area (Å²) in [5, 5.41) is 3.59. The summed E-state index contributed by atoms with van der Waals surface area (Å²) in [4.78, 5) is 11.9. The van der Waals surface area contributed by atoms with Gasteiger partial charge in [0.2, 0.25) is 5.91 Å². The number of nitrogens with one attached hydrogen (secondary N) is 1. The van der Waals surface area contributed by atoms with Crippen molar-refractivity contribution in [3.05, 3.63) is 29.3 Å². The van der Waals surface area contributed by atoms with Crippen molar-refractivity contribution in [2.24, 2.45) is 11.7 Å². The molecular weight excluding hydrogens is 323 g/mol.